The zero-order valence-corrected chi connectivity index (χ0v) is 13.9. The molecule has 142 valence electrons. The Bertz CT molecular complexity index is 566. The van der Waals surface area contributed by atoms with Crippen LogP contribution in [0.3, 0.4) is 0 Å². The monoisotopic (exact) mass is 386 g/mol. The van der Waals surface area contributed by atoms with Crippen LogP contribution in [0.1, 0.15) is 25.7 Å². The Morgan fingerprint density at radius 1 is 1.16 bits per heavy atom. The molecular formula is C15H18F4O5S. The van der Waals surface area contributed by atoms with Crippen LogP contribution in [-0.4, -0.2) is 34.0 Å². The first kappa shape index (κ1) is 19.9. The standard InChI is InChI=1S/C15H18F4O5S/c16-13(9-22-25(20)21)12-3-1-2-4-14(12)23-10-5-7-11(8-6-10)24-15(17,18)19/h5-8,12-14H,1-4,9H2,(H,20,21)/t12-,13-,14+/m1/s1. The second kappa shape index (κ2) is 8.81. The van der Waals surface area contributed by atoms with E-state index in [0.29, 0.717) is 18.6 Å². The largest absolute Gasteiger partial charge is 0.573 e. The number of benzene rings is 1. The first-order valence-corrected chi connectivity index (χ1v) is 8.68. The molecular weight excluding hydrogens is 368 g/mol. The van der Waals surface area contributed by atoms with Crippen LogP contribution < -0.4 is 9.47 Å². The third-order valence-corrected chi connectivity index (χ3v) is 4.23. The summed E-state index contributed by atoms with van der Waals surface area (Å²) in [7, 11) is 0. The van der Waals surface area contributed by atoms with Crippen LogP contribution in [-0.2, 0) is 15.5 Å². The SMILES string of the molecule is O=S(O)OC[C@@H](F)[C@H]1CCCC[C@@H]1Oc1ccc(OC(F)(F)F)cc1. The zero-order chi connectivity index (χ0) is 18.4. The summed E-state index contributed by atoms with van der Waals surface area (Å²) in [4.78, 5) is 0. The highest BCUT2D eigenvalue weighted by Crippen LogP contribution is 2.33. The number of ether oxygens (including phenoxy) is 2. The lowest BCUT2D eigenvalue weighted by Crippen LogP contribution is -2.38. The van der Waals surface area contributed by atoms with E-state index in [1.807, 2.05) is 0 Å². The maximum Gasteiger partial charge on any atom is 0.573 e. The Morgan fingerprint density at radius 3 is 2.36 bits per heavy atom. The van der Waals surface area contributed by atoms with Crippen LogP contribution in [0.2, 0.25) is 0 Å². The second-order valence-electron chi connectivity index (χ2n) is 5.64. The predicted octanol–water partition coefficient (Wildman–Crippen LogP) is 4.01. The molecule has 25 heavy (non-hydrogen) atoms. The van der Waals surface area contributed by atoms with E-state index in [0.717, 1.165) is 25.0 Å². The average molecular weight is 386 g/mol. The fraction of sp³-hybridized carbons (Fsp3) is 0.600. The predicted molar refractivity (Wildman–Crippen MR) is 81.1 cm³/mol. The van der Waals surface area contributed by atoms with Gasteiger partial charge in [-0.05, 0) is 43.5 Å². The summed E-state index contributed by atoms with van der Waals surface area (Å²) < 4.78 is 83.6. The molecule has 2 rings (SSSR count). The van der Waals surface area contributed by atoms with Gasteiger partial charge in [0.25, 0.3) is 0 Å². The molecule has 5 nitrogen and oxygen atoms in total. The van der Waals surface area contributed by atoms with Crippen molar-refractivity contribution < 1.29 is 40.0 Å². The molecule has 0 radical (unpaired) electrons. The van der Waals surface area contributed by atoms with Crippen LogP contribution in [0.4, 0.5) is 17.6 Å². The Labute approximate surface area is 144 Å². The van der Waals surface area contributed by atoms with Gasteiger partial charge in [-0.25, -0.2) is 4.39 Å². The van der Waals surface area contributed by atoms with Crippen LogP contribution in [0.5, 0.6) is 11.5 Å². The molecule has 0 aliphatic heterocycles. The highest BCUT2D eigenvalue weighted by atomic mass is 32.2. The molecule has 0 spiro atoms. The summed E-state index contributed by atoms with van der Waals surface area (Å²) in [5.74, 6) is -0.601. The van der Waals surface area contributed by atoms with Crippen molar-refractivity contribution in [2.45, 2.75) is 44.3 Å². The van der Waals surface area contributed by atoms with Crippen molar-refractivity contribution in [3.05, 3.63) is 24.3 Å². The lowest BCUT2D eigenvalue weighted by Gasteiger charge is -2.33. The van der Waals surface area contributed by atoms with Crippen LogP contribution >= 0.6 is 0 Å². The van der Waals surface area contributed by atoms with Gasteiger partial charge in [-0.3, -0.25) is 8.74 Å². The van der Waals surface area contributed by atoms with E-state index in [1.54, 1.807) is 0 Å². The number of hydrogen-bond donors (Lipinski definition) is 1. The molecule has 1 saturated carbocycles. The van der Waals surface area contributed by atoms with Gasteiger partial charge < -0.3 is 9.47 Å². The summed E-state index contributed by atoms with van der Waals surface area (Å²) >= 11 is -2.54. The van der Waals surface area contributed by atoms with Gasteiger partial charge in [0.05, 0.1) is 6.61 Å². The smallest absolute Gasteiger partial charge is 0.490 e. The number of alkyl halides is 4. The minimum Gasteiger partial charge on any atom is -0.490 e. The summed E-state index contributed by atoms with van der Waals surface area (Å²) in [6.07, 6.45) is -4.01. The topological polar surface area (TPSA) is 65.0 Å². The minimum atomic E-state index is -4.77. The zero-order valence-electron chi connectivity index (χ0n) is 13.1. The van der Waals surface area contributed by atoms with Gasteiger partial charge >= 0.3 is 17.7 Å². The molecule has 0 heterocycles. The van der Waals surface area contributed by atoms with Crippen LogP contribution in [0.25, 0.3) is 0 Å². The highest BCUT2D eigenvalue weighted by molar-refractivity contribution is 7.74. The summed E-state index contributed by atoms with van der Waals surface area (Å²) in [5, 5.41) is 0. The first-order valence-electron chi connectivity index (χ1n) is 7.65. The summed E-state index contributed by atoms with van der Waals surface area (Å²) in [5.41, 5.74) is 0. The van der Waals surface area contributed by atoms with E-state index in [2.05, 4.69) is 8.92 Å². The lowest BCUT2D eigenvalue weighted by molar-refractivity contribution is -0.274. The summed E-state index contributed by atoms with van der Waals surface area (Å²) in [6, 6.07) is 4.87. The highest BCUT2D eigenvalue weighted by Gasteiger charge is 2.34. The van der Waals surface area contributed by atoms with E-state index >= 15 is 0 Å². The fourth-order valence-electron chi connectivity index (χ4n) is 2.83. The normalized spacial score (nSPS) is 23.7. The Hall–Kier alpha value is -1.39. The van der Waals surface area contributed by atoms with Gasteiger partial charge in [-0.15, -0.1) is 13.2 Å². The molecule has 1 aliphatic rings. The molecule has 0 amide bonds. The number of hydrogen-bond acceptors (Lipinski definition) is 4. The van der Waals surface area contributed by atoms with Gasteiger partial charge in [0.2, 0.25) is 0 Å². The van der Waals surface area contributed by atoms with Crippen molar-refractivity contribution in [2.24, 2.45) is 5.92 Å². The molecule has 0 aromatic heterocycles. The second-order valence-corrected chi connectivity index (χ2v) is 6.31. The fourth-order valence-corrected chi connectivity index (χ4v) is 3.07. The molecule has 0 bridgehead atoms. The molecule has 1 unspecified atom stereocenters. The molecule has 1 fully saturated rings. The molecule has 10 heteroatoms. The van der Waals surface area contributed by atoms with Crippen molar-refractivity contribution >= 4 is 11.4 Å². The van der Waals surface area contributed by atoms with E-state index < -0.39 is 42.5 Å². The Morgan fingerprint density at radius 2 is 1.76 bits per heavy atom. The average Bonchev–Trinajstić information content (AvgIpc) is 2.53. The number of halogens is 4. The number of rotatable bonds is 7. The van der Waals surface area contributed by atoms with Crippen molar-refractivity contribution in [2.75, 3.05) is 6.61 Å². The van der Waals surface area contributed by atoms with Crippen molar-refractivity contribution in [1.29, 1.82) is 0 Å². The van der Waals surface area contributed by atoms with Crippen LogP contribution in [0.15, 0.2) is 24.3 Å². The van der Waals surface area contributed by atoms with E-state index in [-0.39, 0.29) is 5.75 Å². The first-order chi connectivity index (χ1) is 11.7. The van der Waals surface area contributed by atoms with Crippen molar-refractivity contribution in [3.8, 4) is 11.5 Å². The Kier molecular flexibility index (Phi) is 7.03. The molecule has 0 saturated heterocycles. The maximum absolute atomic E-state index is 14.3. The molecule has 4 atom stereocenters. The van der Waals surface area contributed by atoms with Gasteiger partial charge in [-0.2, -0.15) is 4.21 Å². The van der Waals surface area contributed by atoms with E-state index in [9.17, 15) is 21.8 Å². The quantitative estimate of drug-likeness (QED) is 0.567. The van der Waals surface area contributed by atoms with Gasteiger partial charge in [-0.1, -0.05) is 6.42 Å². The van der Waals surface area contributed by atoms with E-state index in [4.69, 9.17) is 9.29 Å². The van der Waals surface area contributed by atoms with Crippen molar-refractivity contribution in [1.82, 2.24) is 0 Å². The lowest BCUT2D eigenvalue weighted by atomic mass is 9.83. The Balaban J connectivity index is 1.97. The molecule has 1 aromatic rings. The van der Waals surface area contributed by atoms with Crippen molar-refractivity contribution in [3.63, 3.8) is 0 Å². The van der Waals surface area contributed by atoms with Gasteiger partial charge in [0, 0.05) is 5.92 Å². The van der Waals surface area contributed by atoms with Gasteiger partial charge in [0.15, 0.2) is 0 Å². The van der Waals surface area contributed by atoms with Gasteiger partial charge in [0.1, 0.15) is 23.8 Å². The summed E-state index contributed by atoms with van der Waals surface area (Å²) in [6.45, 7) is -0.522. The molecule has 1 aliphatic carbocycles. The third kappa shape index (κ3) is 6.79. The third-order valence-electron chi connectivity index (χ3n) is 3.89. The minimum absolute atomic E-state index is 0.297. The maximum atomic E-state index is 14.3. The molecule has 1 aromatic carbocycles. The van der Waals surface area contributed by atoms with Crippen LogP contribution in [0, 0.1) is 5.92 Å². The molecule has 1 N–H and O–H groups in total. The van der Waals surface area contributed by atoms with E-state index in [1.165, 1.54) is 12.1 Å².